The summed E-state index contributed by atoms with van der Waals surface area (Å²) >= 11 is 0. The fraction of sp³-hybridized carbons (Fsp3) is 0.0526. The number of nitrogens with zero attached hydrogens (tertiary/aromatic N) is 2. The van der Waals surface area contributed by atoms with Gasteiger partial charge in [0.15, 0.2) is 0 Å². The maximum absolute atomic E-state index is 12.7. The lowest BCUT2D eigenvalue weighted by atomic mass is 10.1. The third-order valence-electron chi connectivity index (χ3n) is 4.10. The highest BCUT2D eigenvalue weighted by Crippen LogP contribution is 2.30. The SMILES string of the molecule is O=C(O)c1cc2cc(-c3cnn(-c4ccc(C(F)(F)F)cc4)c3)ccc2o1. The van der Waals surface area contributed by atoms with Crippen molar-refractivity contribution < 1.29 is 27.5 Å². The minimum Gasteiger partial charge on any atom is -0.475 e. The van der Waals surface area contributed by atoms with Gasteiger partial charge in [0.2, 0.25) is 5.76 Å². The van der Waals surface area contributed by atoms with Crippen molar-refractivity contribution in [1.29, 1.82) is 0 Å². The quantitative estimate of drug-likeness (QED) is 0.549. The number of hydrogen-bond acceptors (Lipinski definition) is 3. The van der Waals surface area contributed by atoms with Crippen molar-refractivity contribution in [2.75, 3.05) is 0 Å². The lowest BCUT2D eigenvalue weighted by Gasteiger charge is -2.07. The van der Waals surface area contributed by atoms with E-state index in [1.807, 2.05) is 0 Å². The molecule has 0 radical (unpaired) electrons. The van der Waals surface area contributed by atoms with Crippen LogP contribution in [0.15, 0.2) is 65.3 Å². The summed E-state index contributed by atoms with van der Waals surface area (Å²) in [4.78, 5) is 11.0. The Hall–Kier alpha value is -3.55. The molecule has 0 bridgehead atoms. The van der Waals surface area contributed by atoms with Crippen molar-refractivity contribution in [3.63, 3.8) is 0 Å². The molecule has 5 nitrogen and oxygen atoms in total. The van der Waals surface area contributed by atoms with E-state index in [9.17, 15) is 18.0 Å². The van der Waals surface area contributed by atoms with E-state index in [0.717, 1.165) is 23.3 Å². The molecule has 0 aliphatic heterocycles. The van der Waals surface area contributed by atoms with Crippen LogP contribution in [0.3, 0.4) is 0 Å². The van der Waals surface area contributed by atoms with Gasteiger partial charge in [-0.1, -0.05) is 6.07 Å². The number of halogens is 3. The van der Waals surface area contributed by atoms with Crippen molar-refractivity contribution in [2.24, 2.45) is 0 Å². The predicted octanol–water partition coefficient (Wildman–Crippen LogP) is 5.00. The second kappa shape index (κ2) is 6.01. The molecule has 0 atom stereocenters. The second-order valence-corrected chi connectivity index (χ2v) is 5.89. The van der Waals surface area contributed by atoms with E-state index in [-0.39, 0.29) is 5.76 Å². The van der Waals surface area contributed by atoms with Crippen molar-refractivity contribution in [1.82, 2.24) is 9.78 Å². The minimum atomic E-state index is -4.39. The molecular formula is C19H11F3N2O3. The monoisotopic (exact) mass is 372 g/mol. The van der Waals surface area contributed by atoms with Gasteiger partial charge >= 0.3 is 12.1 Å². The van der Waals surface area contributed by atoms with Crippen LogP contribution in [0.1, 0.15) is 16.1 Å². The summed E-state index contributed by atoms with van der Waals surface area (Å²) in [6.07, 6.45) is -1.12. The first-order valence-corrected chi connectivity index (χ1v) is 7.81. The van der Waals surface area contributed by atoms with Crippen LogP contribution >= 0.6 is 0 Å². The third kappa shape index (κ3) is 3.17. The molecule has 2 aromatic carbocycles. The molecule has 1 N–H and O–H groups in total. The summed E-state index contributed by atoms with van der Waals surface area (Å²) in [5.74, 6) is -1.30. The molecule has 0 unspecified atom stereocenters. The largest absolute Gasteiger partial charge is 0.475 e. The number of aromatic nitrogens is 2. The van der Waals surface area contributed by atoms with E-state index in [1.54, 1.807) is 30.6 Å². The molecule has 4 rings (SSSR count). The Morgan fingerprint density at radius 1 is 1.04 bits per heavy atom. The van der Waals surface area contributed by atoms with E-state index in [0.29, 0.717) is 16.7 Å². The minimum absolute atomic E-state index is 0.150. The maximum Gasteiger partial charge on any atom is 0.416 e. The molecule has 0 saturated carbocycles. The van der Waals surface area contributed by atoms with Gasteiger partial charge in [0.25, 0.3) is 0 Å². The first-order chi connectivity index (χ1) is 12.8. The molecule has 0 fully saturated rings. The van der Waals surface area contributed by atoms with Crippen LogP contribution in [0.25, 0.3) is 27.8 Å². The van der Waals surface area contributed by atoms with Crippen LogP contribution in [-0.4, -0.2) is 20.9 Å². The Morgan fingerprint density at radius 3 is 2.44 bits per heavy atom. The lowest BCUT2D eigenvalue weighted by molar-refractivity contribution is -0.137. The number of carbonyl (C=O) groups is 1. The molecular weight excluding hydrogens is 361 g/mol. The van der Waals surface area contributed by atoms with E-state index in [2.05, 4.69) is 5.10 Å². The Labute approximate surface area is 150 Å². The third-order valence-corrected chi connectivity index (χ3v) is 4.10. The van der Waals surface area contributed by atoms with Gasteiger partial charge in [-0.05, 0) is 48.0 Å². The van der Waals surface area contributed by atoms with Gasteiger partial charge in [0.1, 0.15) is 5.58 Å². The molecule has 8 heteroatoms. The summed E-state index contributed by atoms with van der Waals surface area (Å²) < 4.78 is 44.7. The molecule has 2 aromatic heterocycles. The first-order valence-electron chi connectivity index (χ1n) is 7.81. The zero-order valence-electron chi connectivity index (χ0n) is 13.6. The van der Waals surface area contributed by atoms with Crippen LogP contribution in [0.4, 0.5) is 13.2 Å². The van der Waals surface area contributed by atoms with Gasteiger partial charge in [-0.25, -0.2) is 9.48 Å². The summed E-state index contributed by atoms with van der Waals surface area (Å²) in [5.41, 5.74) is 1.73. The Bertz CT molecular complexity index is 1140. The zero-order chi connectivity index (χ0) is 19.2. The number of alkyl halides is 3. The molecule has 0 spiro atoms. The summed E-state index contributed by atoms with van der Waals surface area (Å²) in [7, 11) is 0. The number of hydrogen-bond donors (Lipinski definition) is 1. The highest BCUT2D eigenvalue weighted by molar-refractivity contribution is 5.92. The molecule has 4 aromatic rings. The highest BCUT2D eigenvalue weighted by atomic mass is 19.4. The standard InChI is InChI=1S/C19H11F3N2O3/c20-19(21,22)14-2-4-15(5-3-14)24-10-13(9-23-24)11-1-6-16-12(7-11)8-17(27-16)18(25)26/h1-10H,(H,25,26). The van der Waals surface area contributed by atoms with Gasteiger partial charge in [-0.15, -0.1) is 0 Å². The van der Waals surface area contributed by atoms with E-state index in [4.69, 9.17) is 9.52 Å². The number of fused-ring (bicyclic) bond motifs is 1. The van der Waals surface area contributed by atoms with Crippen molar-refractivity contribution >= 4 is 16.9 Å². The Kier molecular flexibility index (Phi) is 3.76. The van der Waals surface area contributed by atoms with E-state index >= 15 is 0 Å². The predicted molar refractivity (Wildman–Crippen MR) is 90.7 cm³/mol. The van der Waals surface area contributed by atoms with Crippen molar-refractivity contribution in [2.45, 2.75) is 6.18 Å². The average molecular weight is 372 g/mol. The fourth-order valence-electron chi connectivity index (χ4n) is 2.74. The van der Waals surface area contributed by atoms with Gasteiger partial charge in [-0.2, -0.15) is 18.3 Å². The van der Waals surface area contributed by atoms with Gasteiger partial charge < -0.3 is 9.52 Å². The zero-order valence-corrected chi connectivity index (χ0v) is 13.6. The molecule has 27 heavy (non-hydrogen) atoms. The van der Waals surface area contributed by atoms with Crippen LogP contribution in [0, 0.1) is 0 Å². The number of benzene rings is 2. The second-order valence-electron chi connectivity index (χ2n) is 5.89. The van der Waals surface area contributed by atoms with Crippen LogP contribution in [0.2, 0.25) is 0 Å². The van der Waals surface area contributed by atoms with E-state index in [1.165, 1.54) is 22.9 Å². The number of carboxylic acid groups (broad SMARTS) is 1. The molecule has 0 amide bonds. The topological polar surface area (TPSA) is 68.3 Å². The van der Waals surface area contributed by atoms with Crippen molar-refractivity contribution in [3.05, 3.63) is 72.2 Å². The van der Waals surface area contributed by atoms with Crippen molar-refractivity contribution in [3.8, 4) is 16.8 Å². The summed E-state index contributed by atoms with van der Waals surface area (Å²) in [5, 5.41) is 13.8. The maximum atomic E-state index is 12.7. The normalized spacial score (nSPS) is 11.8. The van der Waals surface area contributed by atoms with Gasteiger partial charge in [0.05, 0.1) is 17.4 Å². The van der Waals surface area contributed by atoms with E-state index < -0.39 is 17.7 Å². The van der Waals surface area contributed by atoms with Crippen LogP contribution in [0.5, 0.6) is 0 Å². The number of aromatic carboxylic acids is 1. The fourth-order valence-corrected chi connectivity index (χ4v) is 2.74. The first kappa shape index (κ1) is 16.9. The van der Waals surface area contributed by atoms with Gasteiger partial charge in [-0.3, -0.25) is 0 Å². The molecule has 0 aliphatic rings. The molecule has 136 valence electrons. The smallest absolute Gasteiger partial charge is 0.416 e. The summed E-state index contributed by atoms with van der Waals surface area (Å²) in [6, 6.07) is 11.3. The lowest BCUT2D eigenvalue weighted by Crippen LogP contribution is -2.05. The van der Waals surface area contributed by atoms with Gasteiger partial charge in [0, 0.05) is 17.1 Å². The highest BCUT2D eigenvalue weighted by Gasteiger charge is 2.30. The number of carboxylic acids is 1. The number of rotatable bonds is 3. The number of furan rings is 1. The molecule has 2 heterocycles. The molecule has 0 saturated heterocycles. The van der Waals surface area contributed by atoms with Crippen LogP contribution in [-0.2, 0) is 6.18 Å². The Morgan fingerprint density at radius 2 is 1.78 bits per heavy atom. The molecule has 0 aliphatic carbocycles. The Balaban J connectivity index is 1.66. The van der Waals surface area contributed by atoms with Crippen LogP contribution < -0.4 is 0 Å². The summed E-state index contributed by atoms with van der Waals surface area (Å²) in [6.45, 7) is 0. The average Bonchev–Trinajstić information content (AvgIpc) is 3.27.